The Hall–Kier alpha value is -2.10. The predicted molar refractivity (Wildman–Crippen MR) is 72.1 cm³/mol. The summed E-state index contributed by atoms with van der Waals surface area (Å²) in [5.41, 5.74) is 1.18. The Labute approximate surface area is 129 Å². The number of carboxylic acid groups (broad SMARTS) is 1. The number of benzene rings is 1. The highest BCUT2D eigenvalue weighted by molar-refractivity contribution is 5.89. The zero-order valence-corrected chi connectivity index (χ0v) is 12.0. The monoisotopic (exact) mass is 334 g/mol. The van der Waals surface area contributed by atoms with E-state index in [0.29, 0.717) is 5.56 Å². The smallest absolute Gasteiger partial charge is 0.380 e. The predicted octanol–water partition coefficient (Wildman–Crippen LogP) is -0.0456. The maximum atomic E-state index is 12.6. The first-order valence-corrected chi connectivity index (χ1v) is 6.47. The van der Waals surface area contributed by atoms with E-state index in [9.17, 15) is 18.4 Å². The largest absolute Gasteiger partial charge is 0.478 e. The maximum absolute atomic E-state index is 12.6. The van der Waals surface area contributed by atoms with Gasteiger partial charge in [0.15, 0.2) is 12.2 Å². The quantitative estimate of drug-likeness (QED) is 0.572. The molecule has 7 nitrogen and oxygen atoms in total. The van der Waals surface area contributed by atoms with E-state index in [1.807, 2.05) is 6.07 Å². The van der Waals surface area contributed by atoms with Gasteiger partial charge in [0.1, 0.15) is 6.10 Å². The van der Waals surface area contributed by atoms with Crippen LogP contribution in [0, 0.1) is 6.92 Å². The third-order valence-corrected chi connectivity index (χ3v) is 3.14. The molecule has 9 heteroatoms. The molecule has 0 spiro atoms. The first kappa shape index (κ1) is 18.9. The van der Waals surface area contributed by atoms with Gasteiger partial charge in [-0.1, -0.05) is 18.2 Å². The van der Waals surface area contributed by atoms with Gasteiger partial charge in [-0.2, -0.15) is 8.78 Å². The van der Waals surface area contributed by atoms with Crippen molar-refractivity contribution in [2.24, 2.45) is 0 Å². The molecule has 1 aromatic carbocycles. The Balaban J connectivity index is 0.000000238. The molecule has 2 rings (SSSR count). The number of hydrogen-bond acceptors (Lipinski definition) is 6. The third-order valence-electron chi connectivity index (χ3n) is 3.14. The van der Waals surface area contributed by atoms with Crippen LogP contribution in [0.1, 0.15) is 15.9 Å². The van der Waals surface area contributed by atoms with E-state index in [1.165, 1.54) is 0 Å². The molecular weight excluding hydrogens is 318 g/mol. The summed E-state index contributed by atoms with van der Waals surface area (Å²) in [6.07, 6.45) is -5.89. The van der Waals surface area contributed by atoms with E-state index in [0.717, 1.165) is 5.56 Å². The zero-order chi connectivity index (χ0) is 17.8. The molecule has 0 radical (unpaired) electrons. The van der Waals surface area contributed by atoms with Crippen LogP contribution in [0.15, 0.2) is 24.3 Å². The molecule has 1 aliphatic heterocycles. The molecule has 1 heterocycles. The van der Waals surface area contributed by atoms with Crippen molar-refractivity contribution >= 4 is 11.9 Å². The number of aromatic carboxylic acids is 1. The lowest BCUT2D eigenvalue weighted by atomic mass is 10.1. The van der Waals surface area contributed by atoms with Crippen LogP contribution in [0.2, 0.25) is 0 Å². The lowest BCUT2D eigenvalue weighted by Crippen LogP contribution is -2.43. The summed E-state index contributed by atoms with van der Waals surface area (Å²) in [5, 5.41) is 34.6. The molecule has 3 atom stereocenters. The van der Waals surface area contributed by atoms with Crippen molar-refractivity contribution in [3.8, 4) is 0 Å². The van der Waals surface area contributed by atoms with Gasteiger partial charge < -0.3 is 25.2 Å². The number of aliphatic hydroxyl groups is 3. The second kappa shape index (κ2) is 7.44. The van der Waals surface area contributed by atoms with Crippen molar-refractivity contribution in [3.05, 3.63) is 35.4 Å². The van der Waals surface area contributed by atoms with Crippen LogP contribution in [-0.2, 0) is 9.53 Å². The third kappa shape index (κ3) is 4.21. The van der Waals surface area contributed by atoms with Gasteiger partial charge in [0.05, 0.1) is 12.2 Å². The van der Waals surface area contributed by atoms with E-state index < -0.39 is 42.8 Å². The Morgan fingerprint density at radius 3 is 2.30 bits per heavy atom. The number of aryl methyl sites for hydroxylation is 1. The minimum absolute atomic E-state index is 0.377. The molecule has 0 aromatic heterocycles. The highest BCUT2D eigenvalue weighted by Crippen LogP contribution is 2.32. The van der Waals surface area contributed by atoms with Crippen molar-refractivity contribution in [1.82, 2.24) is 0 Å². The second-order valence-electron chi connectivity index (χ2n) is 4.81. The number of carboxylic acids is 1. The van der Waals surface area contributed by atoms with Gasteiger partial charge in [0.2, 0.25) is 0 Å². The molecule has 3 unspecified atom stereocenters. The molecule has 23 heavy (non-hydrogen) atoms. The van der Waals surface area contributed by atoms with E-state index in [1.54, 1.807) is 25.1 Å². The van der Waals surface area contributed by atoms with Gasteiger partial charge in [-0.05, 0) is 18.6 Å². The molecule has 1 saturated heterocycles. The van der Waals surface area contributed by atoms with Crippen LogP contribution in [0.5, 0.6) is 0 Å². The number of carbonyl (C=O) groups excluding carboxylic acids is 1. The first-order chi connectivity index (χ1) is 10.6. The standard InChI is InChI=1S/C8H8O2.C6H8F2O5/c1-6-4-2-3-5-7(6)8(9)10;7-6(8)4(11)3(2(10)1-9)13-5(6)12/h2-5H,1H3,(H,9,10);2-4,9-11H,1H2. The van der Waals surface area contributed by atoms with Crippen LogP contribution in [0.25, 0.3) is 0 Å². The fourth-order valence-electron chi connectivity index (χ4n) is 1.80. The van der Waals surface area contributed by atoms with Crippen LogP contribution in [0.3, 0.4) is 0 Å². The molecule has 1 aromatic rings. The minimum Gasteiger partial charge on any atom is -0.478 e. The topological polar surface area (TPSA) is 124 Å². The van der Waals surface area contributed by atoms with Gasteiger partial charge in [0, 0.05) is 0 Å². The number of rotatable bonds is 3. The number of esters is 1. The molecular formula is C14H16F2O7. The normalized spacial score (nSPS) is 23.5. The molecule has 0 bridgehead atoms. The second-order valence-corrected chi connectivity index (χ2v) is 4.81. The lowest BCUT2D eigenvalue weighted by Gasteiger charge is -2.17. The van der Waals surface area contributed by atoms with Crippen molar-refractivity contribution < 1.29 is 43.5 Å². The van der Waals surface area contributed by atoms with E-state index in [4.69, 9.17) is 20.4 Å². The molecule has 1 fully saturated rings. The summed E-state index contributed by atoms with van der Waals surface area (Å²) < 4.78 is 29.1. The van der Waals surface area contributed by atoms with E-state index >= 15 is 0 Å². The average Bonchev–Trinajstić information content (AvgIpc) is 2.70. The van der Waals surface area contributed by atoms with Gasteiger partial charge in [0.25, 0.3) is 0 Å². The summed E-state index contributed by atoms with van der Waals surface area (Å²) in [4.78, 5) is 20.8. The Kier molecular flexibility index (Phi) is 6.13. The van der Waals surface area contributed by atoms with Gasteiger partial charge >= 0.3 is 17.9 Å². The minimum atomic E-state index is -4.01. The Morgan fingerprint density at radius 1 is 1.39 bits per heavy atom. The van der Waals surface area contributed by atoms with Gasteiger partial charge in [-0.15, -0.1) is 0 Å². The summed E-state index contributed by atoms with van der Waals surface area (Å²) >= 11 is 0. The first-order valence-electron chi connectivity index (χ1n) is 6.47. The number of ether oxygens (including phenoxy) is 1. The number of hydrogen-bond donors (Lipinski definition) is 4. The van der Waals surface area contributed by atoms with Crippen molar-refractivity contribution in [3.63, 3.8) is 0 Å². The van der Waals surface area contributed by atoms with Gasteiger partial charge in [-0.25, -0.2) is 9.59 Å². The molecule has 128 valence electrons. The molecule has 0 saturated carbocycles. The van der Waals surface area contributed by atoms with Gasteiger partial charge in [-0.3, -0.25) is 0 Å². The SMILES string of the molecule is Cc1ccccc1C(=O)O.O=C1OC(C(O)CO)C(O)C1(F)F. The van der Waals surface area contributed by atoms with Crippen LogP contribution < -0.4 is 0 Å². The lowest BCUT2D eigenvalue weighted by molar-refractivity contribution is -0.163. The van der Waals surface area contributed by atoms with Crippen molar-refractivity contribution in [1.29, 1.82) is 0 Å². The summed E-state index contributed by atoms with van der Waals surface area (Å²) in [6, 6.07) is 6.92. The number of alkyl halides is 2. The van der Waals surface area contributed by atoms with Crippen LogP contribution in [-0.4, -0.2) is 63.2 Å². The zero-order valence-electron chi connectivity index (χ0n) is 12.0. The summed E-state index contributed by atoms with van der Waals surface area (Å²) in [6.45, 7) is 0.911. The number of carbonyl (C=O) groups is 2. The number of cyclic esters (lactones) is 1. The Morgan fingerprint density at radius 2 is 1.96 bits per heavy atom. The van der Waals surface area contributed by atoms with Crippen molar-refractivity contribution in [2.45, 2.75) is 31.2 Å². The molecule has 0 amide bonds. The van der Waals surface area contributed by atoms with Crippen LogP contribution in [0.4, 0.5) is 8.78 Å². The molecule has 4 N–H and O–H groups in total. The maximum Gasteiger partial charge on any atom is 0.380 e. The average molecular weight is 334 g/mol. The Bertz CT molecular complexity index is 576. The van der Waals surface area contributed by atoms with Crippen molar-refractivity contribution in [2.75, 3.05) is 6.61 Å². The number of halogens is 2. The van der Waals surface area contributed by atoms with E-state index in [2.05, 4.69) is 4.74 Å². The summed E-state index contributed by atoms with van der Waals surface area (Å²) in [7, 11) is 0. The molecule has 1 aliphatic rings. The fraction of sp³-hybridized carbons (Fsp3) is 0.429. The summed E-state index contributed by atoms with van der Waals surface area (Å²) in [5.74, 6) is -6.77. The fourth-order valence-corrected chi connectivity index (χ4v) is 1.80. The highest BCUT2D eigenvalue weighted by Gasteiger charge is 2.61. The molecule has 0 aliphatic carbocycles. The van der Waals surface area contributed by atoms with Crippen LogP contribution >= 0.6 is 0 Å². The number of aliphatic hydroxyl groups excluding tert-OH is 3. The van der Waals surface area contributed by atoms with E-state index in [-0.39, 0.29) is 0 Å². The highest BCUT2D eigenvalue weighted by atomic mass is 19.3.